The molecule has 0 saturated heterocycles. The Morgan fingerprint density at radius 1 is 1.18 bits per heavy atom. The average Bonchev–Trinajstić information content (AvgIpc) is 3.05. The van der Waals surface area contributed by atoms with Crippen LogP contribution in [0.5, 0.6) is 0 Å². The maximum atomic E-state index is 5.96. The Kier molecular flexibility index (Phi) is 4.54. The van der Waals surface area contributed by atoms with Crippen molar-refractivity contribution in [2.45, 2.75) is 33.7 Å². The van der Waals surface area contributed by atoms with E-state index < -0.39 is 0 Å². The lowest BCUT2D eigenvalue weighted by molar-refractivity contribution is 0.234. The number of benzene rings is 1. The van der Waals surface area contributed by atoms with E-state index in [4.69, 9.17) is 9.73 Å². The van der Waals surface area contributed by atoms with Crippen LogP contribution in [0.4, 0.5) is 0 Å². The zero-order valence-electron chi connectivity index (χ0n) is 13.5. The zero-order valence-corrected chi connectivity index (χ0v) is 15.6. The second-order valence-electron chi connectivity index (χ2n) is 6.91. The standard InChI is InChI=1S/C19H21INO/c1-12-7-5-6-8-13(12)14-9-10-15(20)17(14)18-21-16(11-22-18)19(2,3)4/h5-10,16H,11H2,1-4H3/t16-/m1/s1. The quantitative estimate of drug-likeness (QED) is 0.652. The van der Waals surface area contributed by atoms with Gasteiger partial charge in [0.05, 0.1) is 15.9 Å². The van der Waals surface area contributed by atoms with E-state index in [1.54, 1.807) is 0 Å². The lowest BCUT2D eigenvalue weighted by Gasteiger charge is -2.22. The fraction of sp³-hybridized carbons (Fsp3) is 0.368. The molecule has 2 nitrogen and oxygen atoms in total. The first-order chi connectivity index (χ1) is 10.4. The molecule has 1 atom stereocenters. The van der Waals surface area contributed by atoms with Crippen molar-refractivity contribution < 1.29 is 4.74 Å². The monoisotopic (exact) mass is 406 g/mol. The summed E-state index contributed by atoms with van der Waals surface area (Å²) < 4.78 is 7.16. The van der Waals surface area contributed by atoms with Crippen LogP contribution in [0.25, 0.3) is 0 Å². The van der Waals surface area contributed by atoms with Gasteiger partial charge in [0.15, 0.2) is 5.90 Å². The van der Waals surface area contributed by atoms with Crippen LogP contribution in [0.2, 0.25) is 0 Å². The summed E-state index contributed by atoms with van der Waals surface area (Å²) in [6, 6.07) is 8.69. The Hall–Kier alpha value is -0.580. The fourth-order valence-corrected chi connectivity index (χ4v) is 3.42. The molecule has 2 aliphatic rings. The van der Waals surface area contributed by atoms with Crippen molar-refractivity contribution in [3.05, 3.63) is 64.0 Å². The van der Waals surface area contributed by atoms with Crippen LogP contribution in [0.15, 0.2) is 29.3 Å². The molecule has 0 aromatic heterocycles. The third-order valence-electron chi connectivity index (χ3n) is 4.20. The molecule has 0 N–H and O–H groups in total. The minimum Gasteiger partial charge on any atom is -0.478 e. The van der Waals surface area contributed by atoms with Crippen LogP contribution >= 0.6 is 22.6 Å². The summed E-state index contributed by atoms with van der Waals surface area (Å²) in [6.07, 6.45) is 4.32. The van der Waals surface area contributed by atoms with Gasteiger partial charge in [-0.05, 0) is 36.3 Å². The van der Waals surface area contributed by atoms with E-state index in [-0.39, 0.29) is 11.5 Å². The van der Waals surface area contributed by atoms with E-state index in [2.05, 4.69) is 87.4 Å². The van der Waals surface area contributed by atoms with Crippen molar-refractivity contribution in [2.75, 3.05) is 6.61 Å². The van der Waals surface area contributed by atoms with E-state index in [0.717, 1.165) is 11.8 Å². The first kappa shape index (κ1) is 16.3. The highest BCUT2D eigenvalue weighted by Gasteiger charge is 2.45. The van der Waals surface area contributed by atoms with Crippen LogP contribution in [0, 0.1) is 40.9 Å². The summed E-state index contributed by atoms with van der Waals surface area (Å²) in [4.78, 5) is 4.87. The number of nitrogens with zero attached hydrogens (tertiary/aromatic N) is 1. The summed E-state index contributed by atoms with van der Waals surface area (Å²) in [5.74, 6) is 3.16. The molecular weight excluding hydrogens is 385 g/mol. The normalized spacial score (nSPS) is 24.6. The maximum Gasteiger partial charge on any atom is 0.193 e. The Morgan fingerprint density at radius 2 is 1.91 bits per heavy atom. The van der Waals surface area contributed by atoms with Gasteiger partial charge in [-0.25, -0.2) is 4.99 Å². The van der Waals surface area contributed by atoms with Gasteiger partial charge in [-0.15, -0.1) is 0 Å². The van der Waals surface area contributed by atoms with Gasteiger partial charge in [0, 0.05) is 5.92 Å². The molecule has 1 fully saturated rings. The summed E-state index contributed by atoms with van der Waals surface area (Å²) in [6.45, 7) is 9.46. The summed E-state index contributed by atoms with van der Waals surface area (Å²) in [7, 11) is 0. The van der Waals surface area contributed by atoms with Gasteiger partial charge in [-0.2, -0.15) is 0 Å². The highest BCUT2D eigenvalue weighted by molar-refractivity contribution is 14.1. The van der Waals surface area contributed by atoms with Gasteiger partial charge in [-0.3, -0.25) is 0 Å². The Morgan fingerprint density at radius 3 is 2.55 bits per heavy atom. The number of hydrogen-bond acceptors (Lipinski definition) is 2. The first-order valence-corrected chi connectivity index (χ1v) is 8.68. The molecule has 1 aliphatic carbocycles. The molecule has 3 rings (SSSR count). The molecule has 22 heavy (non-hydrogen) atoms. The van der Waals surface area contributed by atoms with E-state index in [9.17, 15) is 0 Å². The molecule has 1 aromatic carbocycles. The molecule has 1 saturated carbocycles. The summed E-state index contributed by atoms with van der Waals surface area (Å²) in [5, 5.41) is 0. The second kappa shape index (κ2) is 6.14. The molecule has 0 bridgehead atoms. The molecular formula is C19H21INO. The van der Waals surface area contributed by atoms with Gasteiger partial charge in [0.1, 0.15) is 6.61 Å². The van der Waals surface area contributed by atoms with E-state index in [1.807, 2.05) is 0 Å². The van der Waals surface area contributed by atoms with Gasteiger partial charge < -0.3 is 4.74 Å². The van der Waals surface area contributed by atoms with Crippen LogP contribution < -0.4 is 0 Å². The van der Waals surface area contributed by atoms with E-state index in [0.29, 0.717) is 6.61 Å². The van der Waals surface area contributed by atoms with Crippen LogP contribution in [0.1, 0.15) is 31.9 Å². The first-order valence-electron chi connectivity index (χ1n) is 7.60. The molecule has 1 heterocycles. The molecule has 0 amide bonds. The fourth-order valence-electron chi connectivity index (χ4n) is 2.72. The Balaban J connectivity index is 1.90. The maximum absolute atomic E-state index is 5.96. The Labute approximate surface area is 147 Å². The predicted molar refractivity (Wildman–Crippen MR) is 99.3 cm³/mol. The average molecular weight is 406 g/mol. The zero-order chi connectivity index (χ0) is 15.9. The highest BCUT2D eigenvalue weighted by Crippen LogP contribution is 2.50. The molecule has 1 aromatic rings. The van der Waals surface area contributed by atoms with Crippen molar-refractivity contribution in [3.63, 3.8) is 0 Å². The minimum atomic E-state index is 0.128. The van der Waals surface area contributed by atoms with Crippen LogP contribution in [-0.4, -0.2) is 18.5 Å². The van der Waals surface area contributed by atoms with Gasteiger partial charge in [-0.1, -0.05) is 67.6 Å². The number of ether oxygens (including phenoxy) is 1. The number of rotatable bonds is 2. The lowest BCUT2D eigenvalue weighted by Crippen LogP contribution is -2.25. The van der Waals surface area contributed by atoms with Crippen LogP contribution in [0.3, 0.4) is 0 Å². The summed E-state index contributed by atoms with van der Waals surface area (Å²) in [5.41, 5.74) is 2.66. The summed E-state index contributed by atoms with van der Waals surface area (Å²) >= 11 is 2.38. The van der Waals surface area contributed by atoms with Crippen LogP contribution in [-0.2, 0) is 4.74 Å². The largest absolute Gasteiger partial charge is 0.478 e. The number of hydrogen-bond donors (Lipinski definition) is 0. The predicted octanol–water partition coefficient (Wildman–Crippen LogP) is 4.72. The van der Waals surface area contributed by atoms with Crippen molar-refractivity contribution >= 4 is 28.5 Å². The molecule has 0 unspecified atom stereocenters. The van der Waals surface area contributed by atoms with E-state index in [1.165, 1.54) is 21.0 Å². The molecule has 1 aliphatic heterocycles. The molecule has 3 heteroatoms. The molecule has 5 radical (unpaired) electrons. The van der Waals surface area contributed by atoms with Crippen molar-refractivity contribution in [1.29, 1.82) is 0 Å². The highest BCUT2D eigenvalue weighted by atomic mass is 127. The van der Waals surface area contributed by atoms with Gasteiger partial charge >= 0.3 is 0 Å². The topological polar surface area (TPSA) is 21.6 Å². The van der Waals surface area contributed by atoms with Gasteiger partial charge in [0.2, 0.25) is 0 Å². The molecule has 115 valence electrons. The van der Waals surface area contributed by atoms with Crippen molar-refractivity contribution in [3.8, 4) is 0 Å². The minimum absolute atomic E-state index is 0.128. The van der Waals surface area contributed by atoms with Gasteiger partial charge in [0.25, 0.3) is 0 Å². The second-order valence-corrected chi connectivity index (χ2v) is 8.07. The number of halogens is 1. The SMILES string of the molecule is Cc1ccccc1[C]1[CH][CH][C](I)[C]1C1=N[C@@H](C(C)(C)C)CO1. The van der Waals surface area contributed by atoms with E-state index >= 15 is 0 Å². The molecule has 0 spiro atoms. The number of aliphatic imine (C=N–C) groups is 1. The Bertz CT molecular complexity index is 575. The van der Waals surface area contributed by atoms with Crippen molar-refractivity contribution in [2.24, 2.45) is 10.4 Å². The smallest absolute Gasteiger partial charge is 0.193 e. The number of aryl methyl sites for hydroxylation is 1. The lowest BCUT2D eigenvalue weighted by atomic mass is 9.86. The third-order valence-corrected chi connectivity index (χ3v) is 5.10. The third kappa shape index (κ3) is 3.06. The van der Waals surface area contributed by atoms with Crippen molar-refractivity contribution in [1.82, 2.24) is 0 Å².